The third kappa shape index (κ3) is 9.00. The molecule has 0 unspecified atom stereocenters. The number of amides is 1. The second kappa shape index (κ2) is 15.6. The molecule has 1 amide bonds. The molecule has 254 valence electrons. The number of benzene rings is 3. The number of ether oxygens (including phenoxy) is 1. The van der Waals surface area contributed by atoms with E-state index in [-0.39, 0.29) is 28.7 Å². The summed E-state index contributed by atoms with van der Waals surface area (Å²) >= 11 is 12.8. The van der Waals surface area contributed by atoms with E-state index in [9.17, 15) is 9.59 Å². The highest BCUT2D eigenvalue weighted by molar-refractivity contribution is 6.36. The molecule has 5 rings (SSSR count). The molecule has 0 aliphatic heterocycles. The molecular formula is C39H45Cl2N3O4. The standard InChI is InChI=1S/C39H45Cl2N3O4/c1-5-44-23-35(33-19-16-31(40)21-34(33)41)43-36(44)29(22-42-37(45)27-12-14-30(15-13-27)39(2,3)4)20-25-8-17-32(18-9-25)48-24-26-6-10-28(11-7-26)38(46)47/h6-11,16-19,21,23,27,29-30H,5,12-15,20,22,24H2,1-4H3,(H,42,45)(H,46,47)/t27?,29-,30?/m1/s1. The minimum atomic E-state index is -0.953. The van der Waals surface area contributed by atoms with Crippen LogP contribution in [0.5, 0.6) is 5.75 Å². The SMILES string of the molecule is CCn1cc(-c2ccc(Cl)cc2Cl)nc1[C@@H](CNC(=O)C1CCC(C(C)(C)C)CC1)Cc1ccc(OCc2ccc(C(=O)O)cc2)cc1. The van der Waals surface area contributed by atoms with E-state index >= 15 is 0 Å². The van der Waals surface area contributed by atoms with Crippen molar-refractivity contribution in [2.24, 2.45) is 17.3 Å². The molecule has 9 heteroatoms. The number of rotatable bonds is 12. The number of imidazole rings is 1. The number of aromatic nitrogens is 2. The lowest BCUT2D eigenvalue weighted by Gasteiger charge is -2.36. The van der Waals surface area contributed by atoms with Crippen LogP contribution in [-0.2, 0) is 24.4 Å². The first-order valence-corrected chi connectivity index (χ1v) is 17.5. The minimum absolute atomic E-state index is 0.0374. The van der Waals surface area contributed by atoms with Crippen molar-refractivity contribution in [3.63, 3.8) is 0 Å². The van der Waals surface area contributed by atoms with Gasteiger partial charge in [0.1, 0.15) is 18.2 Å². The van der Waals surface area contributed by atoms with Gasteiger partial charge in [-0.15, -0.1) is 0 Å². The summed E-state index contributed by atoms with van der Waals surface area (Å²) in [6, 6.07) is 20.1. The van der Waals surface area contributed by atoms with Gasteiger partial charge in [0.2, 0.25) is 5.91 Å². The first-order valence-electron chi connectivity index (χ1n) is 16.8. The molecule has 7 nitrogen and oxygen atoms in total. The van der Waals surface area contributed by atoms with Crippen molar-refractivity contribution in [2.45, 2.75) is 78.9 Å². The van der Waals surface area contributed by atoms with Crippen LogP contribution in [0.25, 0.3) is 11.3 Å². The number of aryl methyl sites for hydroxylation is 1. The highest BCUT2D eigenvalue weighted by Crippen LogP contribution is 2.40. The summed E-state index contributed by atoms with van der Waals surface area (Å²) in [6.45, 7) is 10.5. The number of aromatic carboxylic acids is 1. The maximum absolute atomic E-state index is 13.5. The van der Waals surface area contributed by atoms with Gasteiger partial charge < -0.3 is 19.7 Å². The zero-order valence-electron chi connectivity index (χ0n) is 28.1. The highest BCUT2D eigenvalue weighted by atomic mass is 35.5. The summed E-state index contributed by atoms with van der Waals surface area (Å²) in [5, 5.41) is 13.6. The number of carbonyl (C=O) groups excluding carboxylic acids is 1. The number of nitrogens with zero attached hydrogens (tertiary/aromatic N) is 2. The predicted octanol–water partition coefficient (Wildman–Crippen LogP) is 9.45. The quantitative estimate of drug-likeness (QED) is 0.155. The van der Waals surface area contributed by atoms with E-state index < -0.39 is 5.97 Å². The Balaban J connectivity index is 1.32. The summed E-state index contributed by atoms with van der Waals surface area (Å²) in [7, 11) is 0. The fourth-order valence-corrected chi connectivity index (χ4v) is 7.10. The zero-order valence-corrected chi connectivity index (χ0v) is 29.7. The summed E-state index contributed by atoms with van der Waals surface area (Å²) in [6.07, 6.45) is 6.70. The van der Waals surface area contributed by atoms with Crippen molar-refractivity contribution < 1.29 is 19.4 Å². The maximum Gasteiger partial charge on any atom is 0.335 e. The number of nitrogens with one attached hydrogen (secondary N) is 1. The first-order chi connectivity index (χ1) is 22.9. The van der Waals surface area contributed by atoms with Crippen molar-refractivity contribution in [3.05, 3.63) is 105 Å². The van der Waals surface area contributed by atoms with Crippen LogP contribution in [0.1, 0.15) is 86.6 Å². The van der Waals surface area contributed by atoms with Crippen LogP contribution in [0, 0.1) is 17.3 Å². The van der Waals surface area contributed by atoms with E-state index in [1.807, 2.05) is 42.6 Å². The molecule has 1 aliphatic rings. The molecule has 1 atom stereocenters. The summed E-state index contributed by atoms with van der Waals surface area (Å²) < 4.78 is 8.11. The molecular weight excluding hydrogens is 645 g/mol. The Morgan fingerprint density at radius 1 is 0.979 bits per heavy atom. The molecule has 1 aliphatic carbocycles. The average molecular weight is 691 g/mol. The normalized spacial score (nSPS) is 17.1. The number of carboxylic acid groups (broad SMARTS) is 1. The molecule has 0 bridgehead atoms. The van der Waals surface area contributed by atoms with Gasteiger partial charge in [0.05, 0.1) is 16.3 Å². The van der Waals surface area contributed by atoms with Crippen molar-refractivity contribution >= 4 is 35.1 Å². The van der Waals surface area contributed by atoms with E-state index in [0.29, 0.717) is 41.3 Å². The van der Waals surface area contributed by atoms with Crippen molar-refractivity contribution in [1.29, 1.82) is 0 Å². The first kappa shape index (κ1) is 35.5. The molecule has 0 spiro atoms. The smallest absolute Gasteiger partial charge is 0.335 e. The molecule has 4 aromatic rings. The lowest BCUT2D eigenvalue weighted by molar-refractivity contribution is -0.126. The van der Waals surface area contributed by atoms with E-state index in [1.165, 1.54) is 0 Å². The van der Waals surface area contributed by atoms with Gasteiger partial charge in [0.25, 0.3) is 0 Å². The van der Waals surface area contributed by atoms with Crippen molar-refractivity contribution in [1.82, 2.24) is 14.9 Å². The van der Waals surface area contributed by atoms with Crippen LogP contribution >= 0.6 is 23.2 Å². The Kier molecular flexibility index (Phi) is 11.5. The van der Waals surface area contributed by atoms with Gasteiger partial charge in [-0.3, -0.25) is 4.79 Å². The van der Waals surface area contributed by atoms with Gasteiger partial charge in [-0.2, -0.15) is 0 Å². The molecule has 3 aromatic carbocycles. The number of hydrogen-bond donors (Lipinski definition) is 2. The summed E-state index contributed by atoms with van der Waals surface area (Å²) in [5.41, 5.74) is 4.07. The number of halogens is 2. The number of carboxylic acids is 1. The van der Waals surface area contributed by atoms with E-state index in [1.54, 1.807) is 30.3 Å². The molecule has 1 aromatic heterocycles. The summed E-state index contributed by atoms with van der Waals surface area (Å²) in [4.78, 5) is 29.7. The maximum atomic E-state index is 13.5. The van der Waals surface area contributed by atoms with Gasteiger partial charge in [-0.1, -0.05) is 68.2 Å². The van der Waals surface area contributed by atoms with Gasteiger partial charge in [0, 0.05) is 41.7 Å². The van der Waals surface area contributed by atoms with Gasteiger partial charge >= 0.3 is 5.97 Å². The van der Waals surface area contributed by atoms with Crippen LogP contribution in [0.4, 0.5) is 0 Å². The monoisotopic (exact) mass is 689 g/mol. The molecule has 1 heterocycles. The third-order valence-electron chi connectivity index (χ3n) is 9.58. The molecule has 48 heavy (non-hydrogen) atoms. The summed E-state index contributed by atoms with van der Waals surface area (Å²) in [5.74, 6) is 1.38. The molecule has 0 saturated heterocycles. The Morgan fingerprint density at radius 3 is 2.25 bits per heavy atom. The highest BCUT2D eigenvalue weighted by Gasteiger charge is 2.33. The van der Waals surface area contributed by atoms with Crippen molar-refractivity contribution in [2.75, 3.05) is 6.54 Å². The average Bonchev–Trinajstić information content (AvgIpc) is 3.50. The Morgan fingerprint density at radius 2 is 1.65 bits per heavy atom. The van der Waals surface area contributed by atoms with Crippen LogP contribution in [0.2, 0.25) is 10.0 Å². The molecule has 1 saturated carbocycles. The van der Waals surface area contributed by atoms with Crippen molar-refractivity contribution in [3.8, 4) is 17.0 Å². The third-order valence-corrected chi connectivity index (χ3v) is 10.1. The van der Waals surface area contributed by atoms with Gasteiger partial charge in [-0.05, 0) is 104 Å². The minimum Gasteiger partial charge on any atom is -0.489 e. The van der Waals surface area contributed by atoms with Gasteiger partial charge in [0.15, 0.2) is 0 Å². The largest absolute Gasteiger partial charge is 0.489 e. The topological polar surface area (TPSA) is 93.5 Å². The van der Waals surface area contributed by atoms with Gasteiger partial charge in [-0.25, -0.2) is 9.78 Å². The number of hydrogen-bond acceptors (Lipinski definition) is 4. The molecule has 2 N–H and O–H groups in total. The van der Waals surface area contributed by atoms with E-state index in [0.717, 1.165) is 60.4 Å². The molecule has 0 radical (unpaired) electrons. The fraction of sp³-hybridized carbons (Fsp3) is 0.410. The fourth-order valence-electron chi connectivity index (χ4n) is 6.60. The van der Waals surface area contributed by atoms with Crippen LogP contribution in [-0.4, -0.2) is 33.1 Å². The lowest BCUT2D eigenvalue weighted by Crippen LogP contribution is -2.37. The van der Waals surface area contributed by atoms with Crippen LogP contribution in [0.3, 0.4) is 0 Å². The van der Waals surface area contributed by atoms with E-state index in [2.05, 4.69) is 37.6 Å². The zero-order chi connectivity index (χ0) is 34.4. The Hall–Kier alpha value is -3.81. The Bertz CT molecular complexity index is 1700. The van der Waals surface area contributed by atoms with E-state index in [4.69, 9.17) is 38.0 Å². The number of carbonyl (C=O) groups is 2. The Labute approximate surface area is 293 Å². The second-order valence-electron chi connectivity index (χ2n) is 13.9. The van der Waals surface area contributed by atoms with Crippen LogP contribution in [0.15, 0.2) is 72.9 Å². The second-order valence-corrected chi connectivity index (χ2v) is 14.7. The predicted molar refractivity (Wildman–Crippen MR) is 192 cm³/mol. The lowest BCUT2D eigenvalue weighted by atomic mass is 9.69. The van der Waals surface area contributed by atoms with Crippen LogP contribution < -0.4 is 10.1 Å². The molecule has 1 fully saturated rings.